The number of rotatable bonds is 5. The Hall–Kier alpha value is -3.11. The summed E-state index contributed by atoms with van der Waals surface area (Å²) in [6.45, 7) is 3.40. The van der Waals surface area contributed by atoms with Crippen LogP contribution in [0.15, 0.2) is 90.0 Å². The molecule has 1 fully saturated rings. The van der Waals surface area contributed by atoms with Crippen LogP contribution in [-0.2, 0) is 4.74 Å². The summed E-state index contributed by atoms with van der Waals surface area (Å²) in [4.78, 5) is 2.34. The Morgan fingerprint density at radius 3 is 2.04 bits per heavy atom. The third-order valence-corrected chi connectivity index (χ3v) is 4.61. The van der Waals surface area contributed by atoms with Crippen molar-refractivity contribution in [3.05, 3.63) is 96.1 Å². The molecule has 4 rings (SSSR count). The van der Waals surface area contributed by atoms with Gasteiger partial charge in [0.25, 0.3) is 0 Å². The normalized spacial score (nSPS) is 13.9. The van der Waals surface area contributed by atoms with Gasteiger partial charge in [0.1, 0.15) is 0 Å². The second-order valence-corrected chi connectivity index (χ2v) is 6.45. The van der Waals surface area contributed by atoms with Crippen molar-refractivity contribution in [1.82, 2.24) is 0 Å². The predicted molar refractivity (Wildman–Crippen MR) is 112 cm³/mol. The van der Waals surface area contributed by atoms with Crippen LogP contribution >= 0.6 is 0 Å². The third-order valence-electron chi connectivity index (χ3n) is 4.61. The van der Waals surface area contributed by atoms with Crippen LogP contribution in [0.25, 0.3) is 0 Å². The maximum absolute atomic E-state index is 5.45. The summed E-state index contributed by atoms with van der Waals surface area (Å²) in [5.41, 5.74) is 8.51. The van der Waals surface area contributed by atoms with Gasteiger partial charge in [-0.2, -0.15) is 5.10 Å². The molecule has 1 N–H and O–H groups in total. The lowest BCUT2D eigenvalue weighted by molar-refractivity contribution is 0.122. The highest BCUT2D eigenvalue weighted by molar-refractivity contribution is 6.13. The molecule has 3 aromatic carbocycles. The van der Waals surface area contributed by atoms with E-state index in [1.54, 1.807) is 0 Å². The molecule has 4 heteroatoms. The first-order valence-electron chi connectivity index (χ1n) is 9.27. The fraction of sp³-hybridized carbons (Fsp3) is 0.174. The van der Waals surface area contributed by atoms with Crippen molar-refractivity contribution in [3.8, 4) is 0 Å². The van der Waals surface area contributed by atoms with Crippen molar-refractivity contribution in [3.63, 3.8) is 0 Å². The molecule has 1 aliphatic heterocycles. The summed E-state index contributed by atoms with van der Waals surface area (Å²) in [6.07, 6.45) is 0. The van der Waals surface area contributed by atoms with Crippen molar-refractivity contribution in [2.75, 3.05) is 36.6 Å². The summed E-state index contributed by atoms with van der Waals surface area (Å²) in [5.74, 6) is 0. The Kier molecular flexibility index (Phi) is 5.46. The van der Waals surface area contributed by atoms with Crippen LogP contribution in [0.2, 0.25) is 0 Å². The highest BCUT2D eigenvalue weighted by atomic mass is 16.5. The van der Waals surface area contributed by atoms with Gasteiger partial charge >= 0.3 is 0 Å². The standard InChI is InChI=1S/C23H23N3O/c1-3-8-19(9-4-1)23(20-10-5-2-6-11-20)25-24-21-12-7-13-22(18-21)26-14-16-27-17-15-26/h1-13,18,24H,14-17H2. The molecule has 0 unspecified atom stereocenters. The summed E-state index contributed by atoms with van der Waals surface area (Å²) in [5, 5.41) is 4.74. The lowest BCUT2D eigenvalue weighted by Crippen LogP contribution is -2.36. The van der Waals surface area contributed by atoms with Crippen LogP contribution < -0.4 is 10.3 Å². The van der Waals surface area contributed by atoms with E-state index in [0.717, 1.165) is 48.8 Å². The molecule has 4 nitrogen and oxygen atoms in total. The first kappa shape index (κ1) is 17.3. The maximum Gasteiger partial charge on any atom is 0.0977 e. The zero-order valence-electron chi connectivity index (χ0n) is 15.2. The van der Waals surface area contributed by atoms with E-state index in [2.05, 4.69) is 52.8 Å². The maximum atomic E-state index is 5.45. The van der Waals surface area contributed by atoms with Crippen LogP contribution in [0.4, 0.5) is 11.4 Å². The highest BCUT2D eigenvalue weighted by Crippen LogP contribution is 2.21. The fourth-order valence-electron chi connectivity index (χ4n) is 3.20. The van der Waals surface area contributed by atoms with E-state index in [4.69, 9.17) is 9.84 Å². The van der Waals surface area contributed by atoms with Gasteiger partial charge in [-0.1, -0.05) is 66.7 Å². The van der Waals surface area contributed by atoms with Crippen LogP contribution in [0.5, 0.6) is 0 Å². The molecule has 0 aliphatic carbocycles. The number of ether oxygens (including phenoxy) is 1. The number of morpholine rings is 1. The van der Waals surface area contributed by atoms with E-state index >= 15 is 0 Å². The minimum absolute atomic E-state index is 0.780. The number of hydrogen-bond acceptors (Lipinski definition) is 4. The van der Waals surface area contributed by atoms with Crippen LogP contribution in [0.3, 0.4) is 0 Å². The van der Waals surface area contributed by atoms with E-state index in [-0.39, 0.29) is 0 Å². The Labute approximate surface area is 160 Å². The van der Waals surface area contributed by atoms with Crippen LogP contribution in [0.1, 0.15) is 11.1 Å². The van der Waals surface area contributed by atoms with E-state index in [9.17, 15) is 0 Å². The van der Waals surface area contributed by atoms with E-state index in [1.807, 2.05) is 42.5 Å². The molecule has 27 heavy (non-hydrogen) atoms. The molecule has 136 valence electrons. The van der Waals surface area contributed by atoms with Gasteiger partial charge in [0.2, 0.25) is 0 Å². The van der Waals surface area contributed by atoms with E-state index in [0.29, 0.717) is 0 Å². The minimum atomic E-state index is 0.780. The second kappa shape index (κ2) is 8.52. The van der Waals surface area contributed by atoms with Gasteiger partial charge in [0, 0.05) is 29.9 Å². The fourth-order valence-corrected chi connectivity index (χ4v) is 3.20. The molecule has 0 bridgehead atoms. The van der Waals surface area contributed by atoms with Gasteiger partial charge in [-0.15, -0.1) is 0 Å². The SMILES string of the molecule is c1ccc(C(=NNc2cccc(N3CCOCC3)c2)c2ccccc2)cc1. The van der Waals surface area contributed by atoms with Gasteiger partial charge < -0.3 is 9.64 Å². The van der Waals surface area contributed by atoms with E-state index < -0.39 is 0 Å². The molecule has 0 saturated carbocycles. The summed E-state index contributed by atoms with van der Waals surface area (Å²) in [6, 6.07) is 28.9. The predicted octanol–water partition coefficient (Wildman–Crippen LogP) is 4.39. The molecular formula is C23H23N3O. The Morgan fingerprint density at radius 2 is 1.41 bits per heavy atom. The number of hydrazone groups is 1. The molecule has 1 saturated heterocycles. The molecule has 1 aliphatic rings. The molecule has 0 atom stereocenters. The zero-order chi connectivity index (χ0) is 18.3. The third kappa shape index (κ3) is 4.36. The largest absolute Gasteiger partial charge is 0.378 e. The summed E-state index contributed by atoms with van der Waals surface area (Å²) >= 11 is 0. The quantitative estimate of drug-likeness (QED) is 0.544. The molecule has 0 amide bonds. The first-order valence-corrected chi connectivity index (χ1v) is 9.27. The van der Waals surface area contributed by atoms with Crippen LogP contribution in [-0.4, -0.2) is 32.0 Å². The molecule has 3 aromatic rings. The Balaban J connectivity index is 1.60. The smallest absolute Gasteiger partial charge is 0.0977 e. The first-order chi connectivity index (χ1) is 13.4. The average molecular weight is 357 g/mol. The van der Waals surface area contributed by atoms with Gasteiger partial charge in [0.05, 0.1) is 24.6 Å². The van der Waals surface area contributed by atoms with Crippen molar-refractivity contribution >= 4 is 17.1 Å². The lowest BCUT2D eigenvalue weighted by atomic mass is 10.0. The molecular weight excluding hydrogens is 334 g/mol. The number of nitrogens with zero attached hydrogens (tertiary/aromatic N) is 2. The topological polar surface area (TPSA) is 36.9 Å². The summed E-state index contributed by atoms with van der Waals surface area (Å²) < 4.78 is 5.45. The molecule has 1 heterocycles. The number of anilines is 2. The minimum Gasteiger partial charge on any atom is -0.378 e. The second-order valence-electron chi connectivity index (χ2n) is 6.45. The van der Waals surface area contributed by atoms with Crippen molar-refractivity contribution in [1.29, 1.82) is 0 Å². The zero-order valence-corrected chi connectivity index (χ0v) is 15.2. The number of hydrogen-bond donors (Lipinski definition) is 1. The highest BCUT2D eigenvalue weighted by Gasteiger charge is 2.11. The van der Waals surface area contributed by atoms with Gasteiger partial charge in [0.15, 0.2) is 0 Å². The molecule has 0 aromatic heterocycles. The lowest BCUT2D eigenvalue weighted by Gasteiger charge is -2.29. The van der Waals surface area contributed by atoms with Gasteiger partial charge in [-0.25, -0.2) is 0 Å². The molecule has 0 radical (unpaired) electrons. The Bertz CT molecular complexity index is 846. The monoisotopic (exact) mass is 357 g/mol. The summed E-state index contributed by atoms with van der Waals surface area (Å²) in [7, 11) is 0. The van der Waals surface area contributed by atoms with E-state index in [1.165, 1.54) is 5.69 Å². The van der Waals surface area contributed by atoms with Crippen molar-refractivity contribution in [2.24, 2.45) is 5.10 Å². The number of nitrogens with one attached hydrogen (secondary N) is 1. The Morgan fingerprint density at radius 1 is 0.778 bits per heavy atom. The molecule has 0 spiro atoms. The van der Waals surface area contributed by atoms with Gasteiger partial charge in [-0.3, -0.25) is 5.43 Å². The van der Waals surface area contributed by atoms with Gasteiger partial charge in [-0.05, 0) is 18.2 Å². The van der Waals surface area contributed by atoms with Crippen molar-refractivity contribution < 1.29 is 4.74 Å². The average Bonchev–Trinajstić information content (AvgIpc) is 2.76. The van der Waals surface area contributed by atoms with Crippen LogP contribution in [0, 0.1) is 0 Å². The van der Waals surface area contributed by atoms with Crippen molar-refractivity contribution in [2.45, 2.75) is 0 Å². The number of benzene rings is 3.